The van der Waals surface area contributed by atoms with E-state index in [-0.39, 0.29) is 87.2 Å². The fraction of sp³-hybridized carbons (Fsp3) is 0.609. The molecule has 62 heavy (non-hydrogen) atoms. The Morgan fingerprint density at radius 3 is 2.24 bits per heavy atom. The molecule has 1 amide bonds. The average Bonchev–Trinajstić information content (AvgIpc) is 3.72. The average molecular weight is 865 g/mol. The number of amides is 1. The van der Waals surface area contributed by atoms with Gasteiger partial charge in [0, 0.05) is 85.5 Å². The lowest BCUT2D eigenvalue weighted by Gasteiger charge is -2.49. The first-order valence-corrected chi connectivity index (χ1v) is 21.5. The van der Waals surface area contributed by atoms with Gasteiger partial charge in [0.1, 0.15) is 28.6 Å². The lowest BCUT2D eigenvalue weighted by molar-refractivity contribution is -0.889. The summed E-state index contributed by atoms with van der Waals surface area (Å²) in [5.74, 6) is -5.99. The minimum Gasteiger partial charge on any atom is -0.633 e. The van der Waals surface area contributed by atoms with Crippen LogP contribution in [0.4, 0.5) is 5.69 Å². The molecule has 1 saturated heterocycles. The molecule has 10 atom stereocenters. The van der Waals surface area contributed by atoms with Crippen molar-refractivity contribution in [3.05, 3.63) is 63.2 Å². The zero-order chi connectivity index (χ0) is 45.8. The van der Waals surface area contributed by atoms with Gasteiger partial charge in [-0.3, -0.25) is 19.6 Å². The van der Waals surface area contributed by atoms with Crippen LogP contribution in [0.3, 0.4) is 0 Å². The molecular weight excluding hydrogens is 801 g/mol. The maximum absolute atomic E-state index is 13.9. The molecule has 4 bridgehead atoms. The highest BCUT2D eigenvalue weighted by Gasteiger charge is 2.50. The van der Waals surface area contributed by atoms with Gasteiger partial charge in [-0.15, -0.1) is 0 Å². The molecule has 16 nitrogen and oxygen atoms in total. The number of benzene rings is 2. The molecule has 6 rings (SSSR count). The van der Waals surface area contributed by atoms with Crippen LogP contribution >= 0.6 is 0 Å². The number of methoxy groups -OCH3 is 1. The van der Waals surface area contributed by atoms with Crippen LogP contribution in [0, 0.1) is 41.7 Å². The van der Waals surface area contributed by atoms with Crippen molar-refractivity contribution in [2.75, 3.05) is 32.1 Å². The number of fused-ring (bicyclic) bond motifs is 1. The molecule has 16 heteroatoms. The Balaban J connectivity index is 1.54. The number of nitrogens with one attached hydrogen (secondary N) is 1. The summed E-state index contributed by atoms with van der Waals surface area (Å²) in [6.45, 7) is 17.8. The number of phenolic OH excluding ortho intramolecular Hbond substituents is 2. The van der Waals surface area contributed by atoms with Crippen molar-refractivity contribution < 1.29 is 58.7 Å². The Kier molecular flexibility index (Phi) is 13.3. The summed E-state index contributed by atoms with van der Waals surface area (Å²) >= 11 is 0. The number of hydrogen-bond donors (Lipinski definition) is 6. The molecule has 0 aromatic heterocycles. The topological polar surface area (TPSA) is 232 Å². The van der Waals surface area contributed by atoms with Crippen molar-refractivity contribution in [1.29, 1.82) is 0 Å². The number of carbonyl (C=O) groups excluding carboxylic acids is 2. The highest BCUT2D eigenvalue weighted by atomic mass is 16.7. The first kappa shape index (κ1) is 46.9. The van der Waals surface area contributed by atoms with E-state index < -0.39 is 87.9 Å². The number of phenols is 2. The molecule has 1 fully saturated rings. The summed E-state index contributed by atoms with van der Waals surface area (Å²) in [4.78, 5) is 36.5. The Morgan fingerprint density at radius 2 is 1.63 bits per heavy atom. The Morgan fingerprint density at radius 1 is 0.984 bits per heavy atom. The van der Waals surface area contributed by atoms with Crippen molar-refractivity contribution >= 4 is 28.3 Å². The molecule has 2 aromatic carbocycles. The molecule has 2 aromatic rings. The Hall–Kier alpha value is -4.58. The van der Waals surface area contributed by atoms with Crippen LogP contribution in [-0.2, 0) is 23.8 Å². The highest BCUT2D eigenvalue weighted by Crippen LogP contribution is 2.54. The number of esters is 1. The highest BCUT2D eigenvalue weighted by molar-refractivity contribution is 6.08. The number of quaternary nitrogens is 1. The molecule has 0 aliphatic carbocycles. The van der Waals surface area contributed by atoms with Crippen LogP contribution in [0.25, 0.3) is 10.8 Å². The van der Waals surface area contributed by atoms with Crippen LogP contribution in [0.5, 0.6) is 17.2 Å². The maximum atomic E-state index is 13.9. The van der Waals surface area contributed by atoms with E-state index >= 15 is 0 Å². The summed E-state index contributed by atoms with van der Waals surface area (Å²) < 4.78 is 23.8. The number of likely N-dealkylation sites (tertiary alicyclic amines) is 1. The minimum absolute atomic E-state index is 0.0904. The molecule has 4 aliphatic heterocycles. The second kappa shape index (κ2) is 17.5. The number of hydroxylamine groups is 3. The van der Waals surface area contributed by atoms with Gasteiger partial charge in [0.2, 0.25) is 0 Å². The summed E-state index contributed by atoms with van der Waals surface area (Å²) in [7, 11) is 1.47. The maximum Gasteiger partial charge on any atom is 0.302 e. The fourth-order valence-corrected chi connectivity index (χ4v) is 9.59. The number of hydrogen-bond acceptors (Lipinski definition) is 14. The van der Waals surface area contributed by atoms with Crippen LogP contribution in [0.2, 0.25) is 0 Å². The van der Waals surface area contributed by atoms with E-state index in [0.29, 0.717) is 6.54 Å². The number of anilines is 1. The summed E-state index contributed by atoms with van der Waals surface area (Å²) in [6, 6.07) is 0. The fourth-order valence-electron chi connectivity index (χ4n) is 9.59. The van der Waals surface area contributed by atoms with Crippen LogP contribution < -0.4 is 20.8 Å². The SMILES string of the molecule is COC1/C=C\OC2(C)Oc3c(C)c(O)c4c(O)c(c5c(c4c3C2O)=NC2(CC[N+]([O-])(CC(C)C)CC2)N=5)NC(=O)/C(C)=C/C=C\C(C)C(O)C(C)C(O)C(C)C(OC(C)=O)C1C. The molecule has 1 spiro atoms. The molecule has 6 N–H and O–H groups in total. The van der Waals surface area contributed by atoms with E-state index in [0.717, 1.165) is 0 Å². The quantitative estimate of drug-likeness (QED) is 0.107. The number of carbonyl (C=O) groups is 2. The summed E-state index contributed by atoms with van der Waals surface area (Å²) in [5.41, 5.74) is -0.651. The predicted molar refractivity (Wildman–Crippen MR) is 230 cm³/mol. The number of aliphatic hydroxyl groups excluding tert-OH is 3. The monoisotopic (exact) mass is 864 g/mol. The summed E-state index contributed by atoms with van der Waals surface area (Å²) in [5, 5.41) is 76.1. The third kappa shape index (κ3) is 8.57. The number of aliphatic hydroxyl groups is 3. The van der Waals surface area contributed by atoms with Crippen molar-refractivity contribution in [2.45, 2.75) is 124 Å². The van der Waals surface area contributed by atoms with Crippen LogP contribution in [-0.4, -0.2) is 105 Å². The zero-order valence-corrected chi connectivity index (χ0v) is 37.6. The first-order valence-electron chi connectivity index (χ1n) is 21.5. The first-order chi connectivity index (χ1) is 29.0. The predicted octanol–water partition coefficient (Wildman–Crippen LogP) is 4.61. The van der Waals surface area contributed by atoms with Gasteiger partial charge in [-0.05, 0) is 19.9 Å². The second-order valence-corrected chi connectivity index (χ2v) is 18.5. The Labute approximate surface area is 362 Å². The zero-order valence-electron chi connectivity index (χ0n) is 37.6. The third-order valence-corrected chi connectivity index (χ3v) is 13.3. The van der Waals surface area contributed by atoms with E-state index in [1.54, 1.807) is 65.8 Å². The van der Waals surface area contributed by atoms with Crippen molar-refractivity contribution in [1.82, 2.24) is 0 Å². The lowest BCUT2D eigenvalue weighted by Crippen LogP contribution is -2.54. The molecule has 0 radical (unpaired) electrons. The molecule has 10 unspecified atom stereocenters. The van der Waals surface area contributed by atoms with Gasteiger partial charge in [-0.1, -0.05) is 59.8 Å². The molecule has 4 heterocycles. The number of ether oxygens (including phenoxy) is 4. The van der Waals surface area contributed by atoms with Gasteiger partial charge in [-0.2, -0.15) is 0 Å². The van der Waals surface area contributed by atoms with Gasteiger partial charge < -0.3 is 59.7 Å². The molecule has 340 valence electrons. The van der Waals surface area contributed by atoms with Crippen molar-refractivity contribution in [2.24, 2.45) is 39.6 Å². The van der Waals surface area contributed by atoms with Gasteiger partial charge in [-0.25, -0.2) is 0 Å². The number of rotatable bonds is 4. The minimum atomic E-state index is -1.81. The van der Waals surface area contributed by atoms with E-state index in [1.165, 1.54) is 27.2 Å². The number of nitrogens with zero attached hydrogens (tertiary/aromatic N) is 3. The normalized spacial score (nSPS) is 37.1. The van der Waals surface area contributed by atoms with Crippen LogP contribution in [0.15, 0.2) is 46.1 Å². The summed E-state index contributed by atoms with van der Waals surface area (Å²) in [6.07, 6.45) is 2.96. The molecule has 4 aliphatic rings. The van der Waals surface area contributed by atoms with E-state index in [2.05, 4.69) is 5.32 Å². The van der Waals surface area contributed by atoms with Gasteiger partial charge in [0.05, 0.1) is 55.0 Å². The van der Waals surface area contributed by atoms with E-state index in [4.69, 9.17) is 28.9 Å². The lowest BCUT2D eigenvalue weighted by atomic mass is 9.78. The van der Waals surface area contributed by atoms with Crippen molar-refractivity contribution in [3.8, 4) is 17.2 Å². The standard InChI is InChI=1S/C46H64N4O12/c1-22(2)21-50(58)18-16-46(17-19-50)48-34-31-32-39(54)28(8)42-33(31)43(56)45(10,62-42)60-20-15-30(59-11)25(5)41(61-29(9)51)27(7)38(53)26(6)37(52)23(3)13-12-14-24(4)44(57)47-36(40(32)55)35(34)49-46/h12-15,20,22-23,25-27,30,37-38,41,43,52-56H,16-19,21H2,1-11H3,(H,47,57)/b13-12-,20-15-,24-14+. The number of piperidine rings is 1. The number of aromatic hydroxyl groups is 2. The van der Waals surface area contributed by atoms with E-state index in [9.17, 15) is 40.3 Å². The van der Waals surface area contributed by atoms with E-state index in [1.807, 2.05) is 13.8 Å². The van der Waals surface area contributed by atoms with Gasteiger partial charge >= 0.3 is 5.97 Å². The smallest absolute Gasteiger partial charge is 0.302 e. The largest absolute Gasteiger partial charge is 0.633 e. The molecule has 0 saturated carbocycles. The second-order valence-electron chi connectivity index (χ2n) is 18.5. The van der Waals surface area contributed by atoms with Crippen molar-refractivity contribution in [3.63, 3.8) is 0 Å². The Bertz CT molecular complexity index is 2300. The van der Waals surface area contributed by atoms with Gasteiger partial charge in [0.15, 0.2) is 17.5 Å². The number of allylic oxidation sites excluding steroid dienone is 2. The van der Waals surface area contributed by atoms with Crippen LogP contribution in [0.1, 0.15) is 92.4 Å². The third-order valence-electron chi connectivity index (χ3n) is 13.3. The molecular formula is C46H64N4O12. The van der Waals surface area contributed by atoms with Gasteiger partial charge in [0.25, 0.3) is 11.7 Å².